The fourth-order valence-electron chi connectivity index (χ4n) is 2.73. The van der Waals surface area contributed by atoms with Crippen molar-refractivity contribution in [3.8, 4) is 5.75 Å². The average Bonchev–Trinajstić information content (AvgIpc) is 2.71. The summed E-state index contributed by atoms with van der Waals surface area (Å²) < 4.78 is 47.5. The van der Waals surface area contributed by atoms with E-state index in [-0.39, 0.29) is 21.9 Å². The number of benzene rings is 3. The molecular weight excluding hydrogens is 407 g/mol. The largest absolute Gasteiger partial charge is 0.492 e. The van der Waals surface area contributed by atoms with Gasteiger partial charge >= 0.3 is 0 Å². The SMILES string of the molecule is CCOc1ccc(S(=O)(=O)Nc2ccc(C)cc2)cc1NC(=O)c1ccccc1F. The molecule has 0 radical (unpaired) electrons. The highest BCUT2D eigenvalue weighted by Crippen LogP contribution is 2.29. The molecule has 30 heavy (non-hydrogen) atoms. The maximum atomic E-state index is 13.9. The third-order valence-corrected chi connectivity index (χ3v) is 5.61. The normalized spacial score (nSPS) is 11.0. The molecule has 0 aliphatic carbocycles. The van der Waals surface area contributed by atoms with Crippen LogP contribution in [0.1, 0.15) is 22.8 Å². The van der Waals surface area contributed by atoms with Gasteiger partial charge in [-0.25, -0.2) is 12.8 Å². The molecule has 3 aromatic carbocycles. The lowest BCUT2D eigenvalue weighted by Gasteiger charge is -2.14. The van der Waals surface area contributed by atoms with Crippen LogP contribution in [0.15, 0.2) is 71.6 Å². The molecule has 2 N–H and O–H groups in total. The van der Waals surface area contributed by atoms with Crippen molar-refractivity contribution >= 4 is 27.3 Å². The van der Waals surface area contributed by atoms with Gasteiger partial charge in [-0.3, -0.25) is 9.52 Å². The summed E-state index contributed by atoms with van der Waals surface area (Å²) in [5.74, 6) is -1.12. The number of sulfonamides is 1. The molecule has 0 spiro atoms. The minimum absolute atomic E-state index is 0.0737. The van der Waals surface area contributed by atoms with Gasteiger partial charge < -0.3 is 10.1 Å². The minimum atomic E-state index is -3.92. The molecule has 0 atom stereocenters. The van der Waals surface area contributed by atoms with Crippen LogP contribution in [0.2, 0.25) is 0 Å². The predicted molar refractivity (Wildman–Crippen MR) is 114 cm³/mol. The van der Waals surface area contributed by atoms with E-state index in [9.17, 15) is 17.6 Å². The molecule has 156 valence electrons. The van der Waals surface area contributed by atoms with Gasteiger partial charge in [0.25, 0.3) is 15.9 Å². The molecule has 0 aromatic heterocycles. The highest BCUT2D eigenvalue weighted by Gasteiger charge is 2.19. The first-order valence-electron chi connectivity index (χ1n) is 9.22. The number of anilines is 2. The van der Waals surface area contributed by atoms with E-state index in [1.165, 1.54) is 42.5 Å². The second-order valence-corrected chi connectivity index (χ2v) is 8.18. The smallest absolute Gasteiger partial charge is 0.261 e. The average molecular weight is 428 g/mol. The molecule has 0 saturated heterocycles. The Morgan fingerprint density at radius 1 is 1.03 bits per heavy atom. The van der Waals surface area contributed by atoms with Crippen LogP contribution in [0.4, 0.5) is 15.8 Å². The summed E-state index contributed by atoms with van der Waals surface area (Å²) in [5, 5.41) is 2.54. The Bertz CT molecular complexity index is 1160. The van der Waals surface area contributed by atoms with Gasteiger partial charge in [0.15, 0.2) is 0 Å². The van der Waals surface area contributed by atoms with Crippen molar-refractivity contribution in [2.24, 2.45) is 0 Å². The summed E-state index contributed by atoms with van der Waals surface area (Å²) in [7, 11) is -3.92. The second-order valence-electron chi connectivity index (χ2n) is 6.50. The maximum absolute atomic E-state index is 13.9. The molecule has 0 fully saturated rings. The van der Waals surface area contributed by atoms with Gasteiger partial charge in [-0.15, -0.1) is 0 Å². The standard InChI is InChI=1S/C22H21FN2O4S/c1-3-29-21-13-12-17(30(27,28)25-16-10-8-15(2)9-11-16)14-20(21)24-22(26)18-6-4-5-7-19(18)23/h4-14,25H,3H2,1-2H3,(H,24,26). The summed E-state index contributed by atoms with van der Waals surface area (Å²) in [6.07, 6.45) is 0. The van der Waals surface area contributed by atoms with Crippen molar-refractivity contribution in [3.05, 3.63) is 83.7 Å². The van der Waals surface area contributed by atoms with Crippen molar-refractivity contribution in [2.75, 3.05) is 16.6 Å². The topological polar surface area (TPSA) is 84.5 Å². The van der Waals surface area contributed by atoms with Crippen LogP contribution in [0.5, 0.6) is 5.75 Å². The van der Waals surface area contributed by atoms with E-state index >= 15 is 0 Å². The highest BCUT2D eigenvalue weighted by atomic mass is 32.2. The van der Waals surface area contributed by atoms with Gasteiger partial charge in [0.05, 0.1) is 22.8 Å². The van der Waals surface area contributed by atoms with Crippen molar-refractivity contribution < 1.29 is 22.3 Å². The zero-order valence-electron chi connectivity index (χ0n) is 16.5. The molecule has 3 aromatic rings. The highest BCUT2D eigenvalue weighted by molar-refractivity contribution is 7.92. The van der Waals surface area contributed by atoms with E-state index in [1.54, 1.807) is 31.2 Å². The summed E-state index contributed by atoms with van der Waals surface area (Å²) >= 11 is 0. The Morgan fingerprint density at radius 3 is 2.40 bits per heavy atom. The van der Waals surface area contributed by atoms with Crippen molar-refractivity contribution in [1.29, 1.82) is 0 Å². The molecule has 0 aliphatic heterocycles. The Hall–Kier alpha value is -3.39. The third-order valence-electron chi connectivity index (χ3n) is 4.23. The summed E-state index contributed by atoms with van der Waals surface area (Å²) in [6.45, 7) is 3.96. The van der Waals surface area contributed by atoms with Gasteiger partial charge in [0.2, 0.25) is 0 Å². The van der Waals surface area contributed by atoms with Gasteiger partial charge in [-0.05, 0) is 56.3 Å². The number of hydrogen-bond acceptors (Lipinski definition) is 4. The van der Waals surface area contributed by atoms with E-state index in [4.69, 9.17) is 4.74 Å². The summed E-state index contributed by atoms with van der Waals surface area (Å²) in [5.41, 5.74) is 1.37. The van der Waals surface area contributed by atoms with E-state index in [2.05, 4.69) is 10.0 Å². The Morgan fingerprint density at radius 2 is 1.73 bits per heavy atom. The zero-order chi connectivity index (χ0) is 21.7. The molecule has 3 rings (SSSR count). The lowest BCUT2D eigenvalue weighted by atomic mass is 10.2. The first-order chi connectivity index (χ1) is 14.3. The van der Waals surface area contributed by atoms with Gasteiger partial charge in [0, 0.05) is 5.69 Å². The van der Waals surface area contributed by atoms with Crippen molar-refractivity contribution in [1.82, 2.24) is 0 Å². The number of amides is 1. The Balaban J connectivity index is 1.92. The van der Waals surface area contributed by atoms with Gasteiger partial charge in [0.1, 0.15) is 11.6 Å². The number of carbonyl (C=O) groups excluding carboxylic acids is 1. The molecule has 0 unspecified atom stereocenters. The van der Waals surface area contributed by atoms with Gasteiger partial charge in [-0.2, -0.15) is 0 Å². The molecular formula is C22H21FN2O4S. The first kappa shape index (κ1) is 21.3. The monoisotopic (exact) mass is 428 g/mol. The van der Waals surface area contributed by atoms with E-state index in [0.717, 1.165) is 5.56 Å². The number of carbonyl (C=O) groups is 1. The number of rotatable bonds is 7. The zero-order valence-corrected chi connectivity index (χ0v) is 17.3. The van der Waals surface area contributed by atoms with E-state index < -0.39 is 21.7 Å². The van der Waals surface area contributed by atoms with Crippen molar-refractivity contribution in [3.63, 3.8) is 0 Å². The number of halogens is 1. The van der Waals surface area contributed by atoms with Crippen LogP contribution >= 0.6 is 0 Å². The van der Waals surface area contributed by atoms with Crippen LogP contribution in [0.25, 0.3) is 0 Å². The minimum Gasteiger partial charge on any atom is -0.492 e. The Kier molecular flexibility index (Phi) is 6.37. The third kappa shape index (κ3) is 4.96. The fourth-order valence-corrected chi connectivity index (χ4v) is 3.81. The Labute approximate surface area is 174 Å². The van der Waals surface area contributed by atoms with E-state index in [0.29, 0.717) is 12.3 Å². The summed E-state index contributed by atoms with van der Waals surface area (Å²) in [6, 6.07) is 16.5. The van der Waals surface area contributed by atoms with Crippen LogP contribution in [-0.4, -0.2) is 20.9 Å². The predicted octanol–water partition coefficient (Wildman–Crippen LogP) is 4.59. The maximum Gasteiger partial charge on any atom is 0.261 e. The molecule has 1 amide bonds. The molecule has 0 heterocycles. The quantitative estimate of drug-likeness (QED) is 0.577. The van der Waals surface area contributed by atoms with Crippen LogP contribution in [0.3, 0.4) is 0 Å². The van der Waals surface area contributed by atoms with Crippen LogP contribution in [0, 0.1) is 12.7 Å². The lowest BCUT2D eigenvalue weighted by Crippen LogP contribution is -2.17. The number of nitrogens with one attached hydrogen (secondary N) is 2. The number of hydrogen-bond donors (Lipinski definition) is 2. The molecule has 0 saturated carbocycles. The van der Waals surface area contributed by atoms with Crippen molar-refractivity contribution in [2.45, 2.75) is 18.7 Å². The number of ether oxygens (including phenoxy) is 1. The molecule has 8 heteroatoms. The molecule has 0 bridgehead atoms. The van der Waals surface area contributed by atoms with E-state index in [1.807, 2.05) is 6.92 Å². The molecule has 0 aliphatic rings. The number of aryl methyl sites for hydroxylation is 1. The lowest BCUT2D eigenvalue weighted by molar-refractivity contribution is 0.102. The molecule has 6 nitrogen and oxygen atoms in total. The second kappa shape index (κ2) is 8.96. The van der Waals surface area contributed by atoms with Crippen LogP contribution in [-0.2, 0) is 10.0 Å². The van der Waals surface area contributed by atoms with Crippen LogP contribution < -0.4 is 14.8 Å². The first-order valence-corrected chi connectivity index (χ1v) is 10.7. The summed E-state index contributed by atoms with van der Waals surface area (Å²) in [4.78, 5) is 12.4. The van der Waals surface area contributed by atoms with Gasteiger partial charge in [-0.1, -0.05) is 29.8 Å². The fraction of sp³-hybridized carbons (Fsp3) is 0.136.